The molecule has 0 radical (unpaired) electrons. The second-order valence-corrected chi connectivity index (χ2v) is 5.58. The Balaban J connectivity index is 1.65. The number of hydrogen-bond donors (Lipinski definition) is 0. The number of benzene rings is 1. The van der Waals surface area contributed by atoms with Crippen LogP contribution < -0.4 is 9.47 Å². The molecular weight excluding hydrogens is 268 g/mol. The lowest BCUT2D eigenvalue weighted by Crippen LogP contribution is -2.38. The predicted octanol–water partition coefficient (Wildman–Crippen LogP) is 2.65. The average molecular weight is 286 g/mol. The van der Waals surface area contributed by atoms with Gasteiger partial charge in [-0.05, 0) is 12.1 Å². The van der Waals surface area contributed by atoms with E-state index in [1.807, 2.05) is 18.2 Å². The van der Waals surface area contributed by atoms with Gasteiger partial charge in [-0.2, -0.15) is 0 Å². The first-order valence-electron chi connectivity index (χ1n) is 7.20. The summed E-state index contributed by atoms with van der Waals surface area (Å²) in [4.78, 5) is 0. The second-order valence-electron chi connectivity index (χ2n) is 5.58. The van der Waals surface area contributed by atoms with Gasteiger partial charge in [0.05, 0.1) is 31.7 Å². The SMILES string of the molecule is COc1ccc2c(c1)OC1C3C=CC(OC)C=C3OCC21. The minimum absolute atomic E-state index is 0.00308. The Kier molecular flexibility index (Phi) is 2.93. The molecule has 1 aromatic rings. The minimum Gasteiger partial charge on any atom is -0.497 e. The van der Waals surface area contributed by atoms with E-state index in [4.69, 9.17) is 18.9 Å². The van der Waals surface area contributed by atoms with E-state index in [1.165, 1.54) is 5.56 Å². The zero-order valence-corrected chi connectivity index (χ0v) is 12.1. The van der Waals surface area contributed by atoms with E-state index in [-0.39, 0.29) is 24.0 Å². The van der Waals surface area contributed by atoms with Crippen molar-refractivity contribution in [3.05, 3.63) is 47.7 Å². The van der Waals surface area contributed by atoms with Gasteiger partial charge in [0.15, 0.2) is 0 Å². The van der Waals surface area contributed by atoms with Crippen molar-refractivity contribution in [1.29, 1.82) is 0 Å². The van der Waals surface area contributed by atoms with Gasteiger partial charge in [0.25, 0.3) is 0 Å². The number of rotatable bonds is 2. The van der Waals surface area contributed by atoms with E-state index < -0.39 is 0 Å². The van der Waals surface area contributed by atoms with Crippen molar-refractivity contribution in [3.8, 4) is 11.5 Å². The van der Waals surface area contributed by atoms with Crippen LogP contribution in [0.15, 0.2) is 42.2 Å². The number of fused-ring (bicyclic) bond motifs is 5. The molecule has 1 fully saturated rings. The number of methoxy groups -OCH3 is 2. The Morgan fingerprint density at radius 2 is 2.10 bits per heavy atom. The maximum absolute atomic E-state index is 6.20. The van der Waals surface area contributed by atoms with Crippen LogP contribution in [0.5, 0.6) is 11.5 Å². The molecule has 110 valence electrons. The van der Waals surface area contributed by atoms with Gasteiger partial charge < -0.3 is 18.9 Å². The van der Waals surface area contributed by atoms with Crippen molar-refractivity contribution < 1.29 is 18.9 Å². The fourth-order valence-corrected chi connectivity index (χ4v) is 3.36. The molecule has 0 spiro atoms. The summed E-state index contributed by atoms with van der Waals surface area (Å²) in [7, 11) is 3.37. The van der Waals surface area contributed by atoms with Crippen molar-refractivity contribution in [3.63, 3.8) is 0 Å². The highest BCUT2D eigenvalue weighted by molar-refractivity contribution is 5.48. The Morgan fingerprint density at radius 1 is 1.19 bits per heavy atom. The normalized spacial score (nSPS) is 32.2. The maximum atomic E-state index is 6.20. The second kappa shape index (κ2) is 4.81. The molecule has 0 N–H and O–H groups in total. The molecule has 2 aliphatic heterocycles. The third-order valence-electron chi connectivity index (χ3n) is 4.50. The van der Waals surface area contributed by atoms with Crippen molar-refractivity contribution in [2.75, 3.05) is 20.8 Å². The molecule has 2 heterocycles. The first-order valence-corrected chi connectivity index (χ1v) is 7.20. The fourth-order valence-electron chi connectivity index (χ4n) is 3.36. The van der Waals surface area contributed by atoms with Crippen molar-refractivity contribution in [1.82, 2.24) is 0 Å². The van der Waals surface area contributed by atoms with Crippen LogP contribution in [0.25, 0.3) is 0 Å². The minimum atomic E-state index is -0.00308. The molecule has 0 aromatic heterocycles. The summed E-state index contributed by atoms with van der Waals surface area (Å²) in [6, 6.07) is 6.02. The Labute approximate surface area is 124 Å². The smallest absolute Gasteiger partial charge is 0.127 e. The van der Waals surface area contributed by atoms with Crippen LogP contribution in [0.1, 0.15) is 11.5 Å². The number of hydrogen-bond acceptors (Lipinski definition) is 4. The summed E-state index contributed by atoms with van der Waals surface area (Å²) in [6.45, 7) is 0.649. The summed E-state index contributed by atoms with van der Waals surface area (Å²) < 4.78 is 22.8. The standard InChI is InChI=1S/C17H18O4/c1-18-10-4-6-13-15(7-10)20-9-14-12-5-3-11(19-2)8-16(12)21-17(13)14/h3-8,10,13-14,17H,9H2,1-2H3. The van der Waals surface area contributed by atoms with Gasteiger partial charge in [0.2, 0.25) is 0 Å². The molecule has 4 unspecified atom stereocenters. The predicted molar refractivity (Wildman–Crippen MR) is 77.6 cm³/mol. The van der Waals surface area contributed by atoms with Gasteiger partial charge in [0.1, 0.15) is 23.4 Å². The molecule has 4 rings (SSSR count). The van der Waals surface area contributed by atoms with Crippen LogP contribution in [0.3, 0.4) is 0 Å². The summed E-state index contributed by atoms with van der Waals surface area (Å²) in [5, 5.41) is 0. The summed E-state index contributed by atoms with van der Waals surface area (Å²) in [6.07, 6.45) is 6.34. The largest absolute Gasteiger partial charge is 0.497 e. The van der Waals surface area contributed by atoms with Gasteiger partial charge >= 0.3 is 0 Å². The van der Waals surface area contributed by atoms with E-state index in [9.17, 15) is 0 Å². The molecule has 0 amide bonds. The third-order valence-corrected chi connectivity index (χ3v) is 4.50. The van der Waals surface area contributed by atoms with Crippen LogP contribution in [-0.2, 0) is 9.47 Å². The van der Waals surface area contributed by atoms with Gasteiger partial charge in [-0.3, -0.25) is 0 Å². The molecule has 1 aromatic carbocycles. The zero-order valence-electron chi connectivity index (χ0n) is 12.1. The topological polar surface area (TPSA) is 36.9 Å². The molecule has 1 saturated heterocycles. The van der Waals surface area contributed by atoms with Gasteiger partial charge in [-0.25, -0.2) is 0 Å². The lowest BCUT2D eigenvalue weighted by molar-refractivity contribution is 0.0353. The Hall–Kier alpha value is -1.94. The number of ether oxygens (including phenoxy) is 4. The average Bonchev–Trinajstić information content (AvgIpc) is 2.92. The molecule has 0 saturated carbocycles. The van der Waals surface area contributed by atoms with E-state index in [1.54, 1.807) is 14.2 Å². The monoisotopic (exact) mass is 286 g/mol. The van der Waals surface area contributed by atoms with Gasteiger partial charge in [0, 0.05) is 18.7 Å². The van der Waals surface area contributed by atoms with Gasteiger partial charge in [-0.1, -0.05) is 18.2 Å². The Morgan fingerprint density at radius 3 is 2.90 bits per heavy atom. The quantitative estimate of drug-likeness (QED) is 0.783. The van der Waals surface area contributed by atoms with Crippen molar-refractivity contribution in [2.24, 2.45) is 5.92 Å². The highest BCUT2D eigenvalue weighted by atomic mass is 16.5. The van der Waals surface area contributed by atoms with E-state index >= 15 is 0 Å². The first kappa shape index (κ1) is 12.8. The van der Waals surface area contributed by atoms with Crippen LogP contribution in [0.4, 0.5) is 0 Å². The lowest BCUT2D eigenvalue weighted by atomic mass is 9.82. The van der Waals surface area contributed by atoms with Crippen LogP contribution in [0.2, 0.25) is 0 Å². The van der Waals surface area contributed by atoms with Crippen molar-refractivity contribution in [2.45, 2.75) is 18.1 Å². The summed E-state index contributed by atoms with van der Waals surface area (Å²) in [5.74, 6) is 3.13. The van der Waals surface area contributed by atoms with Gasteiger partial charge in [-0.15, -0.1) is 0 Å². The van der Waals surface area contributed by atoms with E-state index in [0.717, 1.165) is 17.3 Å². The molecule has 4 nitrogen and oxygen atoms in total. The van der Waals surface area contributed by atoms with E-state index in [2.05, 4.69) is 18.2 Å². The molecule has 1 aliphatic carbocycles. The van der Waals surface area contributed by atoms with E-state index in [0.29, 0.717) is 6.61 Å². The van der Waals surface area contributed by atoms with Crippen molar-refractivity contribution >= 4 is 0 Å². The molecule has 21 heavy (non-hydrogen) atoms. The molecule has 4 atom stereocenters. The molecule has 0 bridgehead atoms. The lowest BCUT2D eigenvalue weighted by Gasteiger charge is -2.35. The molecule has 4 heteroatoms. The molecule has 3 aliphatic rings. The highest BCUT2D eigenvalue weighted by Crippen LogP contribution is 2.48. The van der Waals surface area contributed by atoms with Crippen LogP contribution >= 0.6 is 0 Å². The fraction of sp³-hybridized carbons (Fsp3) is 0.412. The Bertz CT molecular complexity index is 619. The first-order chi connectivity index (χ1) is 10.3. The maximum Gasteiger partial charge on any atom is 0.127 e. The van der Waals surface area contributed by atoms with Crippen LogP contribution in [0, 0.1) is 5.92 Å². The summed E-state index contributed by atoms with van der Waals surface area (Å²) in [5.41, 5.74) is 1.21. The molecular formula is C17H18O4. The summed E-state index contributed by atoms with van der Waals surface area (Å²) >= 11 is 0. The third kappa shape index (κ3) is 1.94. The van der Waals surface area contributed by atoms with Crippen LogP contribution in [-0.4, -0.2) is 33.0 Å². The highest BCUT2D eigenvalue weighted by Gasteiger charge is 2.45. The zero-order chi connectivity index (χ0) is 14.4.